The van der Waals surface area contributed by atoms with Gasteiger partial charge in [0.25, 0.3) is 0 Å². The van der Waals surface area contributed by atoms with E-state index in [0.717, 1.165) is 19.3 Å². The minimum Gasteiger partial charge on any atom is -0.388 e. The average molecular weight is 159 g/mol. The lowest BCUT2D eigenvalue weighted by atomic mass is 9.87. The molecule has 2 heteroatoms. The Kier molecular flexibility index (Phi) is 4.69. The minimum atomic E-state index is -0.510. The van der Waals surface area contributed by atoms with Gasteiger partial charge in [0.15, 0.2) is 0 Å². The molecule has 0 saturated carbocycles. The van der Waals surface area contributed by atoms with Gasteiger partial charge < -0.3 is 10.4 Å². The van der Waals surface area contributed by atoms with Crippen LogP contribution in [0.1, 0.15) is 40.0 Å². The molecule has 2 nitrogen and oxygen atoms in total. The fourth-order valence-corrected chi connectivity index (χ4v) is 1.60. The van der Waals surface area contributed by atoms with E-state index in [0.29, 0.717) is 0 Å². The Morgan fingerprint density at radius 2 is 1.73 bits per heavy atom. The van der Waals surface area contributed by atoms with Crippen LogP contribution in [-0.2, 0) is 0 Å². The predicted molar refractivity (Wildman–Crippen MR) is 48.7 cm³/mol. The molecule has 68 valence electrons. The summed E-state index contributed by atoms with van der Waals surface area (Å²) in [7, 11) is 1.91. The van der Waals surface area contributed by atoms with Gasteiger partial charge in [0.2, 0.25) is 0 Å². The van der Waals surface area contributed by atoms with E-state index in [1.54, 1.807) is 0 Å². The SMILES string of the molecule is CC[C@H](NC)C(O)(CC)CC. The third kappa shape index (κ3) is 2.46. The first-order chi connectivity index (χ1) is 5.14. The highest BCUT2D eigenvalue weighted by Crippen LogP contribution is 2.21. The Labute approximate surface area is 70.0 Å². The van der Waals surface area contributed by atoms with Crippen LogP contribution in [0.2, 0.25) is 0 Å². The van der Waals surface area contributed by atoms with E-state index < -0.39 is 5.60 Å². The topological polar surface area (TPSA) is 32.3 Å². The van der Waals surface area contributed by atoms with Crippen molar-refractivity contribution < 1.29 is 5.11 Å². The van der Waals surface area contributed by atoms with Gasteiger partial charge in [-0.05, 0) is 26.3 Å². The van der Waals surface area contributed by atoms with Crippen LogP contribution in [-0.4, -0.2) is 23.8 Å². The van der Waals surface area contributed by atoms with Crippen LogP contribution < -0.4 is 5.32 Å². The van der Waals surface area contributed by atoms with Crippen LogP contribution in [0, 0.1) is 0 Å². The van der Waals surface area contributed by atoms with Gasteiger partial charge in [0, 0.05) is 6.04 Å². The largest absolute Gasteiger partial charge is 0.388 e. The monoisotopic (exact) mass is 159 g/mol. The number of rotatable bonds is 5. The first-order valence-electron chi connectivity index (χ1n) is 4.54. The van der Waals surface area contributed by atoms with Crippen LogP contribution in [0.15, 0.2) is 0 Å². The van der Waals surface area contributed by atoms with Gasteiger partial charge in [-0.15, -0.1) is 0 Å². The van der Waals surface area contributed by atoms with Crippen LogP contribution in [0.3, 0.4) is 0 Å². The quantitative estimate of drug-likeness (QED) is 0.637. The van der Waals surface area contributed by atoms with E-state index in [4.69, 9.17) is 0 Å². The van der Waals surface area contributed by atoms with Gasteiger partial charge in [-0.1, -0.05) is 20.8 Å². The second kappa shape index (κ2) is 4.73. The molecule has 0 heterocycles. The highest BCUT2D eigenvalue weighted by molar-refractivity contribution is 4.87. The molecule has 0 saturated heterocycles. The van der Waals surface area contributed by atoms with Crippen molar-refractivity contribution in [1.29, 1.82) is 0 Å². The minimum absolute atomic E-state index is 0.234. The zero-order valence-electron chi connectivity index (χ0n) is 8.15. The molecule has 1 atom stereocenters. The highest BCUT2D eigenvalue weighted by atomic mass is 16.3. The lowest BCUT2D eigenvalue weighted by Crippen LogP contribution is -2.48. The van der Waals surface area contributed by atoms with E-state index in [-0.39, 0.29) is 6.04 Å². The van der Waals surface area contributed by atoms with Gasteiger partial charge in [0.1, 0.15) is 0 Å². The normalized spacial score (nSPS) is 15.0. The van der Waals surface area contributed by atoms with Crippen molar-refractivity contribution in [1.82, 2.24) is 5.32 Å². The van der Waals surface area contributed by atoms with Crippen molar-refractivity contribution in [3.05, 3.63) is 0 Å². The van der Waals surface area contributed by atoms with E-state index >= 15 is 0 Å². The molecular formula is C9H21NO. The van der Waals surface area contributed by atoms with E-state index in [2.05, 4.69) is 12.2 Å². The summed E-state index contributed by atoms with van der Waals surface area (Å²) in [4.78, 5) is 0. The molecule has 0 amide bonds. The molecule has 0 unspecified atom stereocenters. The van der Waals surface area contributed by atoms with Crippen molar-refractivity contribution in [2.75, 3.05) is 7.05 Å². The zero-order valence-corrected chi connectivity index (χ0v) is 8.15. The molecule has 0 aliphatic rings. The van der Waals surface area contributed by atoms with E-state index in [1.165, 1.54) is 0 Å². The van der Waals surface area contributed by atoms with Gasteiger partial charge >= 0.3 is 0 Å². The Morgan fingerprint density at radius 3 is 1.82 bits per heavy atom. The summed E-state index contributed by atoms with van der Waals surface area (Å²) in [6, 6.07) is 0.234. The molecule has 0 spiro atoms. The number of hydrogen-bond acceptors (Lipinski definition) is 2. The second-order valence-corrected chi connectivity index (χ2v) is 3.06. The maximum atomic E-state index is 10.0. The smallest absolute Gasteiger partial charge is 0.0794 e. The molecule has 0 bridgehead atoms. The molecule has 2 N–H and O–H groups in total. The Hall–Kier alpha value is -0.0800. The van der Waals surface area contributed by atoms with Crippen LogP contribution in [0.4, 0.5) is 0 Å². The molecule has 0 aromatic rings. The van der Waals surface area contributed by atoms with Crippen molar-refractivity contribution in [2.24, 2.45) is 0 Å². The molecule has 11 heavy (non-hydrogen) atoms. The second-order valence-electron chi connectivity index (χ2n) is 3.06. The summed E-state index contributed by atoms with van der Waals surface area (Å²) in [6.07, 6.45) is 2.63. The van der Waals surface area contributed by atoms with Gasteiger partial charge in [0.05, 0.1) is 5.60 Å². The molecular weight excluding hydrogens is 138 g/mol. The first kappa shape index (κ1) is 10.9. The molecule has 0 aliphatic carbocycles. The summed E-state index contributed by atoms with van der Waals surface area (Å²) >= 11 is 0. The van der Waals surface area contributed by atoms with E-state index in [1.807, 2.05) is 20.9 Å². The molecule has 0 aromatic heterocycles. The summed E-state index contributed by atoms with van der Waals surface area (Å²) in [5.41, 5.74) is -0.510. The fourth-order valence-electron chi connectivity index (χ4n) is 1.60. The van der Waals surface area contributed by atoms with Crippen LogP contribution in [0.5, 0.6) is 0 Å². The van der Waals surface area contributed by atoms with E-state index in [9.17, 15) is 5.11 Å². The van der Waals surface area contributed by atoms with Gasteiger partial charge in [-0.2, -0.15) is 0 Å². The lowest BCUT2D eigenvalue weighted by Gasteiger charge is -2.33. The summed E-state index contributed by atoms with van der Waals surface area (Å²) in [5, 5.41) is 13.2. The molecule has 0 aromatic carbocycles. The van der Waals surface area contributed by atoms with Gasteiger partial charge in [-0.3, -0.25) is 0 Å². The van der Waals surface area contributed by atoms with Crippen molar-refractivity contribution in [2.45, 2.75) is 51.7 Å². The van der Waals surface area contributed by atoms with Gasteiger partial charge in [-0.25, -0.2) is 0 Å². The first-order valence-corrected chi connectivity index (χ1v) is 4.54. The average Bonchev–Trinajstić information content (AvgIpc) is 2.06. The Morgan fingerprint density at radius 1 is 1.27 bits per heavy atom. The highest BCUT2D eigenvalue weighted by Gasteiger charge is 2.30. The molecule has 0 aliphatic heterocycles. The number of likely N-dealkylation sites (N-methyl/N-ethyl adjacent to an activating group) is 1. The summed E-state index contributed by atoms with van der Waals surface area (Å²) < 4.78 is 0. The van der Waals surface area contributed by atoms with Crippen LogP contribution in [0.25, 0.3) is 0 Å². The molecule has 0 rings (SSSR count). The Balaban J connectivity index is 4.19. The maximum Gasteiger partial charge on any atom is 0.0794 e. The molecule has 0 radical (unpaired) electrons. The standard InChI is InChI=1S/C9H21NO/c1-5-8(10-4)9(11,6-2)7-3/h8,10-11H,5-7H2,1-4H3/t8-/m0/s1. The number of nitrogens with one attached hydrogen (secondary N) is 1. The number of hydrogen-bond donors (Lipinski definition) is 2. The van der Waals surface area contributed by atoms with Crippen LogP contribution >= 0.6 is 0 Å². The summed E-state index contributed by atoms with van der Waals surface area (Å²) in [6.45, 7) is 6.16. The fraction of sp³-hybridized carbons (Fsp3) is 1.00. The van der Waals surface area contributed by atoms with Crippen molar-refractivity contribution in [3.63, 3.8) is 0 Å². The third-order valence-corrected chi connectivity index (χ3v) is 2.63. The maximum absolute atomic E-state index is 10.0. The molecule has 0 fully saturated rings. The third-order valence-electron chi connectivity index (χ3n) is 2.63. The Bertz CT molecular complexity index is 95.7. The lowest BCUT2D eigenvalue weighted by molar-refractivity contribution is -0.00473. The summed E-state index contributed by atoms with van der Waals surface area (Å²) in [5.74, 6) is 0. The number of aliphatic hydroxyl groups is 1. The van der Waals surface area contributed by atoms with Crippen molar-refractivity contribution >= 4 is 0 Å². The zero-order chi connectivity index (χ0) is 8.91. The van der Waals surface area contributed by atoms with Crippen molar-refractivity contribution in [3.8, 4) is 0 Å². The predicted octanol–water partition coefficient (Wildman–Crippen LogP) is 1.54.